The summed E-state index contributed by atoms with van der Waals surface area (Å²) in [6.07, 6.45) is 6.30. The van der Waals surface area contributed by atoms with Crippen molar-refractivity contribution in [2.75, 3.05) is 26.7 Å². The number of amides is 1. The molecule has 1 aliphatic carbocycles. The fourth-order valence-corrected chi connectivity index (χ4v) is 3.86. The van der Waals surface area contributed by atoms with Gasteiger partial charge >= 0.3 is 0 Å². The Morgan fingerprint density at radius 3 is 2.58 bits per heavy atom. The topological polar surface area (TPSA) is 49.6 Å². The molecule has 0 spiro atoms. The van der Waals surface area contributed by atoms with Gasteiger partial charge in [-0.2, -0.15) is 0 Å². The van der Waals surface area contributed by atoms with E-state index >= 15 is 0 Å². The molecule has 2 unspecified atom stereocenters. The first-order valence-electron chi connectivity index (χ1n) is 7.71. The van der Waals surface area contributed by atoms with E-state index in [9.17, 15) is 4.79 Å². The summed E-state index contributed by atoms with van der Waals surface area (Å²) < 4.78 is 0. The average Bonchev–Trinajstić information content (AvgIpc) is 2.61. The van der Waals surface area contributed by atoms with Crippen molar-refractivity contribution in [1.82, 2.24) is 9.80 Å². The minimum atomic E-state index is -0.380. The lowest BCUT2D eigenvalue weighted by Gasteiger charge is -2.50. The Morgan fingerprint density at radius 2 is 1.89 bits per heavy atom. The molecule has 0 aromatic heterocycles. The van der Waals surface area contributed by atoms with Crippen molar-refractivity contribution in [3.8, 4) is 0 Å². The van der Waals surface area contributed by atoms with Gasteiger partial charge < -0.3 is 10.6 Å². The molecule has 19 heavy (non-hydrogen) atoms. The van der Waals surface area contributed by atoms with Gasteiger partial charge in [0, 0.05) is 26.2 Å². The Kier molecular flexibility index (Phi) is 4.51. The molecular formula is C15H29N3O. The number of nitrogens with two attached hydrogens (primary N) is 1. The van der Waals surface area contributed by atoms with Crippen LogP contribution in [0.15, 0.2) is 0 Å². The molecule has 2 fully saturated rings. The summed E-state index contributed by atoms with van der Waals surface area (Å²) in [6, 6.07) is 0.486. The van der Waals surface area contributed by atoms with E-state index in [0.717, 1.165) is 19.6 Å². The van der Waals surface area contributed by atoms with Crippen molar-refractivity contribution >= 4 is 5.91 Å². The molecule has 0 aromatic rings. The van der Waals surface area contributed by atoms with Crippen LogP contribution >= 0.6 is 0 Å². The first-order chi connectivity index (χ1) is 8.98. The predicted octanol–water partition coefficient (Wildman–Crippen LogP) is 1.45. The Balaban J connectivity index is 2.20. The Morgan fingerprint density at radius 1 is 1.21 bits per heavy atom. The van der Waals surface area contributed by atoms with Crippen molar-refractivity contribution in [3.05, 3.63) is 0 Å². The van der Waals surface area contributed by atoms with Crippen LogP contribution < -0.4 is 5.73 Å². The molecule has 1 saturated heterocycles. The largest absolute Gasteiger partial charge is 0.343 e. The molecule has 110 valence electrons. The maximum Gasteiger partial charge on any atom is 0.242 e. The third-order valence-electron chi connectivity index (χ3n) is 5.09. The highest BCUT2D eigenvalue weighted by Gasteiger charge is 2.45. The van der Waals surface area contributed by atoms with Crippen LogP contribution in [0.3, 0.4) is 0 Å². The molecule has 1 aliphatic heterocycles. The van der Waals surface area contributed by atoms with Crippen molar-refractivity contribution in [1.29, 1.82) is 0 Å². The highest BCUT2D eigenvalue weighted by atomic mass is 16.2. The van der Waals surface area contributed by atoms with Gasteiger partial charge in [-0.3, -0.25) is 9.69 Å². The second-order valence-electron chi connectivity index (χ2n) is 6.68. The van der Waals surface area contributed by atoms with E-state index in [0.29, 0.717) is 12.0 Å². The molecular weight excluding hydrogens is 238 g/mol. The number of carbonyl (C=O) groups excluding carboxylic acids is 1. The Labute approximate surface area is 117 Å². The van der Waals surface area contributed by atoms with Crippen molar-refractivity contribution in [2.45, 2.75) is 57.5 Å². The van der Waals surface area contributed by atoms with Crippen LogP contribution in [0.4, 0.5) is 0 Å². The van der Waals surface area contributed by atoms with Crippen LogP contribution in [0.5, 0.6) is 0 Å². The zero-order valence-corrected chi connectivity index (χ0v) is 12.7. The number of likely N-dealkylation sites (N-methyl/N-ethyl adjacent to an activating group) is 1. The van der Waals surface area contributed by atoms with Crippen LogP contribution in [0.25, 0.3) is 0 Å². The zero-order valence-electron chi connectivity index (χ0n) is 12.7. The first-order valence-corrected chi connectivity index (χ1v) is 7.71. The average molecular weight is 267 g/mol. The number of rotatable bonds is 2. The van der Waals surface area contributed by atoms with Gasteiger partial charge in [-0.1, -0.05) is 19.3 Å². The third-order valence-corrected chi connectivity index (χ3v) is 5.09. The fraction of sp³-hybridized carbons (Fsp3) is 0.933. The molecule has 0 radical (unpaired) electrons. The molecule has 1 heterocycles. The molecule has 0 bridgehead atoms. The van der Waals surface area contributed by atoms with Crippen LogP contribution in [0.2, 0.25) is 0 Å². The quantitative estimate of drug-likeness (QED) is 0.770. The first kappa shape index (κ1) is 14.8. The van der Waals surface area contributed by atoms with Gasteiger partial charge in [0.2, 0.25) is 5.91 Å². The van der Waals surface area contributed by atoms with E-state index in [1.807, 2.05) is 11.9 Å². The van der Waals surface area contributed by atoms with E-state index in [-0.39, 0.29) is 11.4 Å². The lowest BCUT2D eigenvalue weighted by molar-refractivity contribution is -0.151. The van der Waals surface area contributed by atoms with Gasteiger partial charge in [0.25, 0.3) is 0 Å². The summed E-state index contributed by atoms with van der Waals surface area (Å²) >= 11 is 0. The van der Waals surface area contributed by atoms with Gasteiger partial charge in [0.05, 0.1) is 5.54 Å². The van der Waals surface area contributed by atoms with Crippen LogP contribution in [0.1, 0.15) is 46.0 Å². The summed E-state index contributed by atoms with van der Waals surface area (Å²) in [4.78, 5) is 16.7. The molecule has 2 aliphatic rings. The van der Waals surface area contributed by atoms with Crippen molar-refractivity contribution in [3.63, 3.8) is 0 Å². The minimum absolute atomic E-state index is 0.249. The molecule has 2 atom stereocenters. The fourth-order valence-electron chi connectivity index (χ4n) is 3.86. The lowest BCUT2D eigenvalue weighted by atomic mass is 9.87. The van der Waals surface area contributed by atoms with Crippen LogP contribution in [0, 0.1) is 5.92 Å². The number of carbonyl (C=O) groups is 1. The second kappa shape index (κ2) is 5.80. The number of hydrogen-bond donors (Lipinski definition) is 1. The number of piperazine rings is 1. The molecule has 1 saturated carbocycles. The number of nitrogens with zero attached hydrogens (tertiary/aromatic N) is 2. The van der Waals surface area contributed by atoms with E-state index in [1.54, 1.807) is 0 Å². The van der Waals surface area contributed by atoms with Gasteiger partial charge in [-0.15, -0.1) is 0 Å². The molecule has 2 rings (SSSR count). The highest BCUT2D eigenvalue weighted by molar-refractivity contribution is 5.86. The molecule has 4 nitrogen and oxygen atoms in total. The van der Waals surface area contributed by atoms with Crippen LogP contribution in [-0.4, -0.2) is 54.0 Å². The Bertz CT molecular complexity index is 329. The second-order valence-corrected chi connectivity index (χ2v) is 6.68. The highest BCUT2D eigenvalue weighted by Crippen LogP contribution is 2.33. The predicted molar refractivity (Wildman–Crippen MR) is 77.8 cm³/mol. The van der Waals surface area contributed by atoms with Crippen molar-refractivity contribution in [2.24, 2.45) is 11.7 Å². The summed E-state index contributed by atoms with van der Waals surface area (Å²) in [5, 5.41) is 0. The molecule has 4 heteroatoms. The SMILES string of the molecule is CN1CCN(C2CCCCCC2CN)C(C)(C)C1=O. The van der Waals surface area contributed by atoms with Gasteiger partial charge in [-0.05, 0) is 39.2 Å². The monoisotopic (exact) mass is 267 g/mol. The van der Waals surface area contributed by atoms with E-state index in [1.165, 1.54) is 32.1 Å². The normalized spacial score (nSPS) is 33.3. The third kappa shape index (κ3) is 2.79. The maximum absolute atomic E-state index is 12.4. The molecule has 1 amide bonds. The van der Waals surface area contributed by atoms with E-state index in [2.05, 4.69) is 18.7 Å². The maximum atomic E-state index is 12.4. The summed E-state index contributed by atoms with van der Waals surface area (Å²) in [5.41, 5.74) is 5.62. The zero-order chi connectivity index (χ0) is 14.0. The van der Waals surface area contributed by atoms with Gasteiger partial charge in [-0.25, -0.2) is 0 Å². The molecule has 2 N–H and O–H groups in total. The van der Waals surface area contributed by atoms with Gasteiger partial charge in [0.15, 0.2) is 0 Å². The van der Waals surface area contributed by atoms with E-state index < -0.39 is 0 Å². The lowest BCUT2D eigenvalue weighted by Crippen LogP contribution is -2.66. The summed E-state index contributed by atoms with van der Waals surface area (Å²) in [5.74, 6) is 0.803. The molecule has 0 aromatic carbocycles. The standard InChI is InChI=1S/C15H29N3O/c1-15(2)14(19)17(3)9-10-18(15)13-8-6-4-5-7-12(13)11-16/h12-13H,4-11,16H2,1-3H3. The minimum Gasteiger partial charge on any atom is -0.343 e. The van der Waals surface area contributed by atoms with Gasteiger partial charge in [0.1, 0.15) is 0 Å². The smallest absolute Gasteiger partial charge is 0.242 e. The van der Waals surface area contributed by atoms with Crippen LogP contribution in [-0.2, 0) is 4.79 Å². The van der Waals surface area contributed by atoms with Crippen molar-refractivity contribution < 1.29 is 4.79 Å². The number of hydrogen-bond acceptors (Lipinski definition) is 3. The summed E-state index contributed by atoms with van der Waals surface area (Å²) in [6.45, 7) is 6.72. The Hall–Kier alpha value is -0.610. The van der Waals surface area contributed by atoms with E-state index in [4.69, 9.17) is 5.73 Å². The summed E-state index contributed by atoms with van der Waals surface area (Å²) in [7, 11) is 1.91.